The van der Waals surface area contributed by atoms with Gasteiger partial charge in [-0.1, -0.05) is 23.8 Å². The Balaban J connectivity index is 3.10. The Morgan fingerprint density at radius 3 is 2.71 bits per heavy atom. The zero-order valence-corrected chi connectivity index (χ0v) is 11.0. The predicted molar refractivity (Wildman–Crippen MR) is 69.9 cm³/mol. The van der Waals surface area contributed by atoms with Crippen molar-refractivity contribution in [2.75, 3.05) is 13.7 Å². The summed E-state index contributed by atoms with van der Waals surface area (Å²) >= 11 is 6.08. The van der Waals surface area contributed by atoms with Crippen molar-refractivity contribution in [1.82, 2.24) is 0 Å². The molecule has 1 aromatic carbocycles. The molecule has 1 aromatic rings. The molecule has 1 atom stereocenters. The van der Waals surface area contributed by atoms with Gasteiger partial charge in [0.15, 0.2) is 11.5 Å². The van der Waals surface area contributed by atoms with Gasteiger partial charge in [0.05, 0.1) is 24.8 Å². The third-order valence-electron chi connectivity index (χ3n) is 2.10. The summed E-state index contributed by atoms with van der Waals surface area (Å²) in [7, 11) is 1.55. The second kappa shape index (κ2) is 6.52. The highest BCUT2D eigenvalue weighted by molar-refractivity contribution is 6.32. The lowest BCUT2D eigenvalue weighted by molar-refractivity contribution is 0.245. The van der Waals surface area contributed by atoms with Crippen molar-refractivity contribution < 1.29 is 14.6 Å². The maximum absolute atomic E-state index is 9.18. The molecule has 94 valence electrons. The van der Waals surface area contributed by atoms with Gasteiger partial charge in [-0.05, 0) is 31.5 Å². The van der Waals surface area contributed by atoms with E-state index in [9.17, 15) is 5.11 Å². The highest BCUT2D eigenvalue weighted by Crippen LogP contribution is 2.36. The maximum atomic E-state index is 9.18. The Kier molecular flexibility index (Phi) is 5.32. The quantitative estimate of drug-likeness (QED) is 0.880. The van der Waals surface area contributed by atoms with Gasteiger partial charge in [0.25, 0.3) is 0 Å². The number of rotatable bonds is 5. The van der Waals surface area contributed by atoms with Crippen molar-refractivity contribution in [1.29, 1.82) is 0 Å². The van der Waals surface area contributed by atoms with Crippen LogP contribution in [0.15, 0.2) is 18.2 Å². The molecule has 0 radical (unpaired) electrons. The minimum Gasteiger partial charge on any atom is -0.491 e. The van der Waals surface area contributed by atoms with Crippen LogP contribution in [0.3, 0.4) is 0 Å². The molecule has 1 N–H and O–H groups in total. The molecular weight excluding hydrogens is 240 g/mol. The summed E-state index contributed by atoms with van der Waals surface area (Å²) in [5, 5.41) is 9.67. The SMILES string of the molecule is CCOc1cc(/C=C/C(C)O)cc(Cl)c1OC. The average molecular weight is 257 g/mol. The van der Waals surface area contributed by atoms with E-state index in [4.69, 9.17) is 21.1 Å². The Labute approximate surface area is 107 Å². The summed E-state index contributed by atoms with van der Waals surface area (Å²) in [4.78, 5) is 0. The number of benzene rings is 1. The van der Waals surface area contributed by atoms with E-state index in [-0.39, 0.29) is 0 Å². The Morgan fingerprint density at radius 1 is 1.47 bits per heavy atom. The predicted octanol–water partition coefficient (Wildman–Crippen LogP) is 3.14. The molecule has 0 heterocycles. The van der Waals surface area contributed by atoms with Gasteiger partial charge in [-0.25, -0.2) is 0 Å². The van der Waals surface area contributed by atoms with Crippen LogP contribution in [0.5, 0.6) is 11.5 Å². The maximum Gasteiger partial charge on any atom is 0.179 e. The monoisotopic (exact) mass is 256 g/mol. The summed E-state index contributed by atoms with van der Waals surface area (Å²) in [5.74, 6) is 1.13. The van der Waals surface area contributed by atoms with E-state index < -0.39 is 6.10 Å². The van der Waals surface area contributed by atoms with Crippen LogP contribution in [0.1, 0.15) is 19.4 Å². The summed E-state index contributed by atoms with van der Waals surface area (Å²) in [5.41, 5.74) is 0.861. The lowest BCUT2D eigenvalue weighted by atomic mass is 10.1. The van der Waals surface area contributed by atoms with Crippen molar-refractivity contribution in [3.63, 3.8) is 0 Å². The fourth-order valence-electron chi connectivity index (χ4n) is 1.40. The first-order chi connectivity index (χ1) is 8.08. The van der Waals surface area contributed by atoms with Crippen LogP contribution in [-0.4, -0.2) is 24.9 Å². The van der Waals surface area contributed by atoms with Crippen LogP contribution in [0.2, 0.25) is 5.02 Å². The van der Waals surface area contributed by atoms with Gasteiger partial charge in [0.2, 0.25) is 0 Å². The molecule has 1 rings (SSSR count). The van der Waals surface area contributed by atoms with E-state index in [1.807, 2.05) is 13.0 Å². The molecular formula is C13H17ClO3. The molecule has 0 amide bonds. The van der Waals surface area contributed by atoms with Gasteiger partial charge in [0, 0.05) is 0 Å². The molecule has 4 heteroatoms. The number of hydrogen-bond acceptors (Lipinski definition) is 3. The van der Waals surface area contributed by atoms with E-state index in [0.29, 0.717) is 23.1 Å². The van der Waals surface area contributed by atoms with E-state index in [1.54, 1.807) is 32.3 Å². The molecule has 3 nitrogen and oxygen atoms in total. The Hall–Kier alpha value is -1.19. The first kappa shape index (κ1) is 13.9. The average Bonchev–Trinajstić information content (AvgIpc) is 2.26. The van der Waals surface area contributed by atoms with Crippen molar-refractivity contribution >= 4 is 17.7 Å². The third kappa shape index (κ3) is 3.95. The Morgan fingerprint density at radius 2 is 2.18 bits per heavy atom. The standard InChI is InChI=1S/C13H17ClO3/c1-4-17-12-8-10(6-5-9(2)15)7-11(14)13(12)16-3/h5-9,15H,4H2,1-3H3/b6-5+. The van der Waals surface area contributed by atoms with Gasteiger partial charge in [-0.15, -0.1) is 0 Å². The van der Waals surface area contributed by atoms with Crippen molar-refractivity contribution in [2.24, 2.45) is 0 Å². The number of hydrogen-bond donors (Lipinski definition) is 1. The summed E-state index contributed by atoms with van der Waals surface area (Å²) in [6.45, 7) is 4.12. The Bertz CT molecular complexity index is 400. The molecule has 0 aliphatic rings. The van der Waals surface area contributed by atoms with Crippen molar-refractivity contribution in [3.05, 3.63) is 28.8 Å². The molecule has 0 saturated carbocycles. The van der Waals surface area contributed by atoms with Crippen LogP contribution in [-0.2, 0) is 0 Å². The van der Waals surface area contributed by atoms with Crippen molar-refractivity contribution in [3.8, 4) is 11.5 Å². The number of ether oxygens (including phenoxy) is 2. The zero-order chi connectivity index (χ0) is 12.8. The number of halogens is 1. The first-order valence-electron chi connectivity index (χ1n) is 5.45. The minimum absolute atomic E-state index is 0.490. The lowest BCUT2D eigenvalue weighted by Crippen LogP contribution is -1.97. The van der Waals surface area contributed by atoms with Gasteiger partial charge in [-0.3, -0.25) is 0 Å². The second-order valence-electron chi connectivity index (χ2n) is 3.57. The highest BCUT2D eigenvalue weighted by atomic mass is 35.5. The summed E-state index contributed by atoms with van der Waals surface area (Å²) < 4.78 is 10.6. The lowest BCUT2D eigenvalue weighted by Gasteiger charge is -2.11. The molecule has 0 spiro atoms. The smallest absolute Gasteiger partial charge is 0.179 e. The van der Waals surface area contributed by atoms with E-state index in [2.05, 4.69) is 0 Å². The third-order valence-corrected chi connectivity index (χ3v) is 2.38. The normalized spacial score (nSPS) is 12.8. The van der Waals surface area contributed by atoms with Gasteiger partial charge in [0.1, 0.15) is 0 Å². The minimum atomic E-state index is -0.494. The number of methoxy groups -OCH3 is 1. The molecule has 0 aromatic heterocycles. The van der Waals surface area contributed by atoms with Crippen molar-refractivity contribution in [2.45, 2.75) is 20.0 Å². The molecule has 0 saturated heterocycles. The largest absolute Gasteiger partial charge is 0.491 e. The fourth-order valence-corrected chi connectivity index (χ4v) is 1.69. The molecule has 1 unspecified atom stereocenters. The van der Waals surface area contributed by atoms with E-state index in [1.165, 1.54) is 0 Å². The fraction of sp³-hybridized carbons (Fsp3) is 0.385. The summed E-state index contributed by atoms with van der Waals surface area (Å²) in [6.07, 6.45) is 2.97. The van der Waals surface area contributed by atoms with Gasteiger partial charge < -0.3 is 14.6 Å². The molecule has 0 bridgehead atoms. The first-order valence-corrected chi connectivity index (χ1v) is 5.82. The molecule has 0 aliphatic heterocycles. The van der Waals surface area contributed by atoms with Crippen LogP contribution in [0.25, 0.3) is 6.08 Å². The van der Waals surface area contributed by atoms with Crippen LogP contribution < -0.4 is 9.47 Å². The molecule has 0 fully saturated rings. The van der Waals surface area contributed by atoms with Crippen LogP contribution in [0.4, 0.5) is 0 Å². The van der Waals surface area contributed by atoms with Gasteiger partial charge in [-0.2, -0.15) is 0 Å². The number of aliphatic hydroxyl groups is 1. The molecule has 17 heavy (non-hydrogen) atoms. The van der Waals surface area contributed by atoms with E-state index >= 15 is 0 Å². The topological polar surface area (TPSA) is 38.7 Å². The zero-order valence-electron chi connectivity index (χ0n) is 10.2. The number of aliphatic hydroxyl groups excluding tert-OH is 1. The second-order valence-corrected chi connectivity index (χ2v) is 3.97. The van der Waals surface area contributed by atoms with E-state index in [0.717, 1.165) is 5.56 Å². The highest BCUT2D eigenvalue weighted by Gasteiger charge is 2.10. The van der Waals surface area contributed by atoms with Crippen LogP contribution in [0, 0.1) is 0 Å². The molecule has 0 aliphatic carbocycles. The van der Waals surface area contributed by atoms with Gasteiger partial charge >= 0.3 is 0 Å². The van der Waals surface area contributed by atoms with Crippen LogP contribution >= 0.6 is 11.6 Å². The summed E-state index contributed by atoms with van der Waals surface area (Å²) in [6, 6.07) is 3.59.